The molecule has 1 aliphatic carbocycles. The number of allylic oxidation sites excluding steroid dienone is 1. The Morgan fingerprint density at radius 2 is 2.15 bits per heavy atom. The lowest BCUT2D eigenvalue weighted by molar-refractivity contribution is 0.404. The molecule has 0 saturated heterocycles. The molecule has 1 rings (SSSR count). The fraction of sp³-hybridized carbons (Fsp3) is 0.833. The van der Waals surface area contributed by atoms with E-state index in [0.717, 1.165) is 18.5 Å². The first-order valence-corrected chi connectivity index (χ1v) is 5.60. The van der Waals surface area contributed by atoms with Gasteiger partial charge in [0, 0.05) is 12.6 Å². The fourth-order valence-corrected chi connectivity index (χ4v) is 2.21. The summed E-state index contributed by atoms with van der Waals surface area (Å²) in [6.07, 6.45) is 7.86. The Kier molecular flexibility index (Phi) is 4.51. The van der Waals surface area contributed by atoms with Crippen LogP contribution in [0.25, 0.3) is 0 Å². The Morgan fingerprint density at radius 3 is 2.77 bits per heavy atom. The predicted molar refractivity (Wildman–Crippen MR) is 58.9 cm³/mol. The van der Waals surface area contributed by atoms with Crippen molar-refractivity contribution < 1.29 is 0 Å². The first kappa shape index (κ1) is 10.8. The SMILES string of the molecule is CCC1CCCC1NCC=C(C)C. The molecule has 1 heteroatoms. The smallest absolute Gasteiger partial charge is 0.0140 e. The van der Waals surface area contributed by atoms with Crippen molar-refractivity contribution in [1.82, 2.24) is 5.32 Å². The van der Waals surface area contributed by atoms with E-state index >= 15 is 0 Å². The molecule has 0 aliphatic heterocycles. The van der Waals surface area contributed by atoms with E-state index < -0.39 is 0 Å². The van der Waals surface area contributed by atoms with Crippen LogP contribution in [0.3, 0.4) is 0 Å². The Labute approximate surface area is 82.6 Å². The second kappa shape index (κ2) is 5.43. The van der Waals surface area contributed by atoms with E-state index in [-0.39, 0.29) is 0 Å². The number of hydrogen-bond acceptors (Lipinski definition) is 1. The number of rotatable bonds is 4. The summed E-state index contributed by atoms with van der Waals surface area (Å²) in [6, 6.07) is 0.792. The molecule has 0 spiro atoms. The highest BCUT2D eigenvalue weighted by Gasteiger charge is 2.24. The van der Waals surface area contributed by atoms with Gasteiger partial charge in [-0.3, -0.25) is 0 Å². The van der Waals surface area contributed by atoms with Crippen molar-refractivity contribution in [1.29, 1.82) is 0 Å². The molecule has 0 heterocycles. The Hall–Kier alpha value is -0.300. The monoisotopic (exact) mass is 181 g/mol. The van der Waals surface area contributed by atoms with Crippen LogP contribution in [0.4, 0.5) is 0 Å². The predicted octanol–water partition coefficient (Wildman–Crippen LogP) is 3.12. The first-order valence-electron chi connectivity index (χ1n) is 5.60. The fourth-order valence-electron chi connectivity index (χ4n) is 2.21. The van der Waals surface area contributed by atoms with E-state index in [1.165, 1.54) is 31.3 Å². The highest BCUT2D eigenvalue weighted by molar-refractivity contribution is 4.95. The van der Waals surface area contributed by atoms with Crippen LogP contribution in [0.2, 0.25) is 0 Å². The average molecular weight is 181 g/mol. The maximum Gasteiger partial charge on any atom is 0.0140 e. The van der Waals surface area contributed by atoms with E-state index in [1.807, 2.05) is 0 Å². The molecule has 1 N–H and O–H groups in total. The molecule has 76 valence electrons. The van der Waals surface area contributed by atoms with Crippen molar-refractivity contribution in [3.8, 4) is 0 Å². The van der Waals surface area contributed by atoms with Crippen molar-refractivity contribution >= 4 is 0 Å². The summed E-state index contributed by atoms with van der Waals surface area (Å²) in [7, 11) is 0. The summed E-state index contributed by atoms with van der Waals surface area (Å²) in [5, 5.41) is 3.64. The Balaban J connectivity index is 2.24. The largest absolute Gasteiger partial charge is 0.310 e. The van der Waals surface area contributed by atoms with E-state index in [4.69, 9.17) is 0 Å². The lowest BCUT2D eigenvalue weighted by Gasteiger charge is -2.18. The third kappa shape index (κ3) is 3.51. The van der Waals surface area contributed by atoms with Gasteiger partial charge in [-0.05, 0) is 32.6 Å². The highest BCUT2D eigenvalue weighted by atomic mass is 14.9. The lowest BCUT2D eigenvalue weighted by Crippen LogP contribution is -2.32. The van der Waals surface area contributed by atoms with E-state index in [1.54, 1.807) is 0 Å². The van der Waals surface area contributed by atoms with Crippen molar-refractivity contribution in [2.24, 2.45) is 5.92 Å². The first-order chi connectivity index (χ1) is 6.24. The minimum atomic E-state index is 0.792. The van der Waals surface area contributed by atoms with Gasteiger partial charge in [0.15, 0.2) is 0 Å². The molecule has 0 amide bonds. The molecular formula is C12H23N. The molecule has 0 aromatic heterocycles. The minimum absolute atomic E-state index is 0.792. The molecule has 0 radical (unpaired) electrons. The summed E-state index contributed by atoms with van der Waals surface area (Å²) in [5.41, 5.74) is 1.42. The molecule has 2 unspecified atom stereocenters. The summed E-state index contributed by atoms with van der Waals surface area (Å²) in [6.45, 7) is 7.69. The van der Waals surface area contributed by atoms with Crippen molar-refractivity contribution in [2.75, 3.05) is 6.54 Å². The summed E-state index contributed by atoms with van der Waals surface area (Å²) >= 11 is 0. The zero-order chi connectivity index (χ0) is 9.68. The van der Waals surface area contributed by atoms with Crippen molar-refractivity contribution in [3.63, 3.8) is 0 Å². The van der Waals surface area contributed by atoms with Crippen LogP contribution < -0.4 is 5.32 Å². The van der Waals surface area contributed by atoms with Crippen LogP contribution in [-0.2, 0) is 0 Å². The van der Waals surface area contributed by atoms with Gasteiger partial charge in [-0.2, -0.15) is 0 Å². The molecular weight excluding hydrogens is 158 g/mol. The summed E-state index contributed by atoms with van der Waals surface area (Å²) in [4.78, 5) is 0. The zero-order valence-corrected chi connectivity index (χ0v) is 9.27. The van der Waals surface area contributed by atoms with Gasteiger partial charge in [0.2, 0.25) is 0 Å². The van der Waals surface area contributed by atoms with Crippen LogP contribution in [0.15, 0.2) is 11.6 Å². The van der Waals surface area contributed by atoms with Gasteiger partial charge in [-0.25, -0.2) is 0 Å². The second-order valence-electron chi connectivity index (χ2n) is 4.40. The van der Waals surface area contributed by atoms with Gasteiger partial charge in [-0.1, -0.05) is 31.4 Å². The quantitative estimate of drug-likeness (QED) is 0.657. The highest BCUT2D eigenvalue weighted by Crippen LogP contribution is 2.27. The summed E-state index contributed by atoms with van der Waals surface area (Å²) in [5.74, 6) is 0.936. The molecule has 1 fully saturated rings. The molecule has 1 nitrogen and oxygen atoms in total. The molecule has 13 heavy (non-hydrogen) atoms. The van der Waals surface area contributed by atoms with Crippen molar-refractivity contribution in [2.45, 2.75) is 52.5 Å². The topological polar surface area (TPSA) is 12.0 Å². The van der Waals surface area contributed by atoms with Crippen LogP contribution in [0.5, 0.6) is 0 Å². The molecule has 0 bridgehead atoms. The van der Waals surface area contributed by atoms with Gasteiger partial charge in [0.25, 0.3) is 0 Å². The van der Waals surface area contributed by atoms with E-state index in [2.05, 4.69) is 32.2 Å². The maximum atomic E-state index is 3.64. The molecule has 2 atom stereocenters. The third-order valence-electron chi connectivity index (χ3n) is 3.07. The van der Waals surface area contributed by atoms with Crippen LogP contribution in [-0.4, -0.2) is 12.6 Å². The lowest BCUT2D eigenvalue weighted by atomic mass is 10.0. The van der Waals surface area contributed by atoms with Gasteiger partial charge in [0.1, 0.15) is 0 Å². The number of hydrogen-bond donors (Lipinski definition) is 1. The normalized spacial score (nSPS) is 27.6. The Bertz CT molecular complexity index is 168. The van der Waals surface area contributed by atoms with Crippen LogP contribution in [0.1, 0.15) is 46.5 Å². The standard InChI is InChI=1S/C12H23N/c1-4-11-6-5-7-12(11)13-9-8-10(2)3/h8,11-13H,4-7,9H2,1-3H3. The van der Waals surface area contributed by atoms with Gasteiger partial charge in [-0.15, -0.1) is 0 Å². The van der Waals surface area contributed by atoms with Gasteiger partial charge in [0.05, 0.1) is 0 Å². The molecule has 1 aliphatic rings. The Morgan fingerprint density at radius 1 is 1.38 bits per heavy atom. The van der Waals surface area contributed by atoms with E-state index in [0.29, 0.717) is 0 Å². The van der Waals surface area contributed by atoms with Gasteiger partial charge >= 0.3 is 0 Å². The van der Waals surface area contributed by atoms with Crippen molar-refractivity contribution in [3.05, 3.63) is 11.6 Å². The van der Waals surface area contributed by atoms with Crippen LogP contribution in [0, 0.1) is 5.92 Å². The van der Waals surface area contributed by atoms with Gasteiger partial charge < -0.3 is 5.32 Å². The van der Waals surface area contributed by atoms with Crippen LogP contribution >= 0.6 is 0 Å². The molecule has 0 aromatic carbocycles. The second-order valence-corrected chi connectivity index (χ2v) is 4.40. The zero-order valence-electron chi connectivity index (χ0n) is 9.27. The minimum Gasteiger partial charge on any atom is -0.310 e. The molecule has 1 saturated carbocycles. The molecule has 0 aromatic rings. The third-order valence-corrected chi connectivity index (χ3v) is 3.07. The summed E-state index contributed by atoms with van der Waals surface area (Å²) < 4.78 is 0. The van der Waals surface area contributed by atoms with E-state index in [9.17, 15) is 0 Å². The average Bonchev–Trinajstić information content (AvgIpc) is 2.51. The number of nitrogens with one attached hydrogen (secondary N) is 1. The maximum absolute atomic E-state index is 3.64.